The van der Waals surface area contributed by atoms with E-state index in [0.29, 0.717) is 16.8 Å². The molecule has 1 heterocycles. The number of nitrogens with two attached hydrogens (primary N) is 1. The van der Waals surface area contributed by atoms with Gasteiger partial charge in [0.25, 0.3) is 20.1 Å². The molecule has 5 rings (SSSR count). The lowest BCUT2D eigenvalue weighted by atomic mass is 10.0. The Morgan fingerprint density at radius 1 is 0.763 bits per heavy atom. The van der Waals surface area contributed by atoms with Crippen LogP contribution < -0.4 is 10.5 Å². The number of anilines is 2. The van der Waals surface area contributed by atoms with Gasteiger partial charge in [0.15, 0.2) is 5.82 Å². The minimum Gasteiger partial charge on any atom is -0.399 e. The third-order valence-electron chi connectivity index (χ3n) is 5.69. The first-order chi connectivity index (χ1) is 18.0. The van der Waals surface area contributed by atoms with Gasteiger partial charge in [-0.3, -0.25) is 9.27 Å². The van der Waals surface area contributed by atoms with Crippen LogP contribution in [-0.2, 0) is 20.1 Å². The van der Waals surface area contributed by atoms with E-state index in [-0.39, 0.29) is 32.5 Å². The summed E-state index contributed by atoms with van der Waals surface area (Å²) in [5.41, 5.74) is 8.37. The van der Waals surface area contributed by atoms with Crippen LogP contribution in [0.15, 0.2) is 101 Å². The maximum Gasteiger partial charge on any atom is 0.294 e. The number of hydrogen-bond donors (Lipinski definition) is 3. The van der Waals surface area contributed by atoms with Crippen LogP contribution in [0.1, 0.15) is 0 Å². The average Bonchev–Trinajstić information content (AvgIpc) is 2.89. The molecule has 0 bridgehead atoms. The summed E-state index contributed by atoms with van der Waals surface area (Å²) in [5.74, 6) is -0.162. The Morgan fingerprint density at radius 3 is 2.13 bits per heavy atom. The van der Waals surface area contributed by atoms with Gasteiger partial charge in [-0.15, -0.1) is 0 Å². The smallest absolute Gasteiger partial charge is 0.294 e. The predicted molar refractivity (Wildman–Crippen MR) is 147 cm³/mol. The van der Waals surface area contributed by atoms with E-state index in [1.807, 2.05) is 30.3 Å². The Bertz CT molecular complexity index is 1900. The summed E-state index contributed by atoms with van der Waals surface area (Å²) >= 11 is 6.75. The molecule has 4 aromatic carbocycles. The summed E-state index contributed by atoms with van der Waals surface area (Å²) in [7, 11) is -8.68. The van der Waals surface area contributed by atoms with Crippen LogP contribution in [0.5, 0.6) is 0 Å². The quantitative estimate of drug-likeness (QED) is 0.186. The molecule has 0 saturated carbocycles. The zero-order chi connectivity index (χ0) is 27.1. The minimum atomic E-state index is -4.55. The number of rotatable bonds is 6. The minimum absolute atomic E-state index is 0.00846. The normalized spacial score (nSPS) is 11.9. The highest BCUT2D eigenvalue weighted by Gasteiger charge is 2.22. The van der Waals surface area contributed by atoms with Crippen LogP contribution in [0.4, 0.5) is 11.5 Å². The molecule has 4 N–H and O–H groups in total. The summed E-state index contributed by atoms with van der Waals surface area (Å²) in [5, 5.41) is 0.279. The molecule has 9 nitrogen and oxygen atoms in total. The van der Waals surface area contributed by atoms with E-state index in [2.05, 4.69) is 14.7 Å². The Hall–Kier alpha value is -4.03. The van der Waals surface area contributed by atoms with Gasteiger partial charge in [0.2, 0.25) is 0 Å². The molecule has 0 unspecified atom stereocenters. The van der Waals surface area contributed by atoms with Crippen molar-refractivity contribution in [2.45, 2.75) is 9.79 Å². The Kier molecular flexibility index (Phi) is 6.53. The highest BCUT2D eigenvalue weighted by molar-refractivity contribution is 7.92. The van der Waals surface area contributed by atoms with Crippen LogP contribution in [0.3, 0.4) is 0 Å². The molecular formula is C26H19ClN4O5S2. The fraction of sp³-hybridized carbons (Fsp3) is 0. The van der Waals surface area contributed by atoms with Crippen molar-refractivity contribution in [3.63, 3.8) is 0 Å². The Balaban J connectivity index is 1.74. The van der Waals surface area contributed by atoms with E-state index < -0.39 is 25.0 Å². The summed E-state index contributed by atoms with van der Waals surface area (Å²) < 4.78 is 61.9. The van der Waals surface area contributed by atoms with Crippen molar-refractivity contribution < 1.29 is 21.4 Å². The fourth-order valence-corrected chi connectivity index (χ4v) is 5.69. The van der Waals surface area contributed by atoms with Crippen LogP contribution in [0, 0.1) is 0 Å². The van der Waals surface area contributed by atoms with Gasteiger partial charge >= 0.3 is 0 Å². The van der Waals surface area contributed by atoms with Crippen molar-refractivity contribution in [3.8, 4) is 22.4 Å². The number of aromatic nitrogens is 2. The second kappa shape index (κ2) is 9.69. The summed E-state index contributed by atoms with van der Waals surface area (Å²) in [6, 6.07) is 23.6. The molecule has 0 atom stereocenters. The molecule has 0 radical (unpaired) electrons. The van der Waals surface area contributed by atoms with Crippen LogP contribution >= 0.6 is 11.6 Å². The van der Waals surface area contributed by atoms with E-state index in [9.17, 15) is 21.4 Å². The summed E-state index contributed by atoms with van der Waals surface area (Å²) in [6.45, 7) is 0. The highest BCUT2D eigenvalue weighted by atomic mass is 35.5. The lowest BCUT2D eigenvalue weighted by Gasteiger charge is -2.15. The van der Waals surface area contributed by atoms with Crippen molar-refractivity contribution in [1.29, 1.82) is 0 Å². The first-order valence-electron chi connectivity index (χ1n) is 11.0. The van der Waals surface area contributed by atoms with Crippen molar-refractivity contribution in [3.05, 3.63) is 96.0 Å². The molecule has 1 aromatic heterocycles. The van der Waals surface area contributed by atoms with E-state index in [1.54, 1.807) is 12.1 Å². The number of nitrogen functional groups attached to an aromatic ring is 1. The van der Waals surface area contributed by atoms with Gasteiger partial charge in [0.05, 0.1) is 20.3 Å². The first kappa shape index (κ1) is 25.6. The lowest BCUT2D eigenvalue weighted by Crippen LogP contribution is -2.15. The molecular weight excluding hydrogens is 548 g/mol. The number of halogens is 1. The molecule has 5 aromatic rings. The zero-order valence-electron chi connectivity index (χ0n) is 19.4. The van der Waals surface area contributed by atoms with E-state index in [0.717, 1.165) is 5.56 Å². The number of hydrogen-bond acceptors (Lipinski definition) is 7. The molecule has 0 fully saturated rings. The third kappa shape index (κ3) is 5.04. The van der Waals surface area contributed by atoms with Crippen LogP contribution in [-0.4, -0.2) is 31.4 Å². The number of nitrogens with zero attached hydrogens (tertiary/aromatic N) is 2. The van der Waals surface area contributed by atoms with Crippen molar-refractivity contribution >= 4 is 54.3 Å². The van der Waals surface area contributed by atoms with Crippen LogP contribution in [0.25, 0.3) is 33.4 Å². The van der Waals surface area contributed by atoms with Crippen molar-refractivity contribution in [2.75, 3.05) is 10.5 Å². The molecule has 12 heteroatoms. The molecule has 0 aliphatic carbocycles. The number of benzene rings is 4. The second-order valence-corrected chi connectivity index (χ2v) is 11.7. The van der Waals surface area contributed by atoms with Gasteiger partial charge < -0.3 is 5.73 Å². The third-order valence-corrected chi connectivity index (χ3v) is 8.27. The second-order valence-electron chi connectivity index (χ2n) is 8.26. The average molecular weight is 567 g/mol. The maximum absolute atomic E-state index is 13.2. The highest BCUT2D eigenvalue weighted by Crippen LogP contribution is 2.36. The van der Waals surface area contributed by atoms with Gasteiger partial charge in [0, 0.05) is 16.8 Å². The lowest BCUT2D eigenvalue weighted by molar-refractivity contribution is 0.483. The summed E-state index contributed by atoms with van der Waals surface area (Å²) in [6.07, 6.45) is 0. The maximum atomic E-state index is 13.2. The first-order valence-corrected chi connectivity index (χ1v) is 14.3. The molecule has 192 valence electrons. The summed E-state index contributed by atoms with van der Waals surface area (Å²) in [4.78, 5) is 8.66. The SMILES string of the molecule is Nc1ccc(S(=O)(=O)Nc2nc3ccc(-c4ccccc4)c(Cl)c3nc2-c2cccc(S(=O)(=O)O)c2)cc1. The van der Waals surface area contributed by atoms with Gasteiger partial charge in [-0.1, -0.05) is 60.1 Å². The van der Waals surface area contributed by atoms with Gasteiger partial charge in [-0.25, -0.2) is 18.4 Å². The molecule has 0 saturated heterocycles. The molecule has 0 aliphatic rings. The van der Waals surface area contributed by atoms with Crippen LogP contribution in [0.2, 0.25) is 5.02 Å². The molecule has 0 aliphatic heterocycles. The largest absolute Gasteiger partial charge is 0.399 e. The van der Waals surface area contributed by atoms with E-state index in [1.165, 1.54) is 48.5 Å². The number of nitrogens with one attached hydrogen (secondary N) is 1. The van der Waals surface area contributed by atoms with Gasteiger partial charge in [-0.05, 0) is 48.0 Å². The number of fused-ring (bicyclic) bond motifs is 1. The Labute approximate surface area is 223 Å². The molecule has 0 spiro atoms. The topological polar surface area (TPSA) is 152 Å². The monoisotopic (exact) mass is 566 g/mol. The predicted octanol–water partition coefficient (Wildman–Crippen LogP) is 5.25. The van der Waals surface area contributed by atoms with Gasteiger partial charge in [0.1, 0.15) is 11.2 Å². The van der Waals surface area contributed by atoms with Crippen molar-refractivity contribution in [1.82, 2.24) is 9.97 Å². The van der Waals surface area contributed by atoms with Gasteiger partial charge in [-0.2, -0.15) is 8.42 Å². The fourth-order valence-electron chi connectivity index (χ4n) is 3.84. The molecule has 0 amide bonds. The molecule has 38 heavy (non-hydrogen) atoms. The standard InChI is InChI=1S/C26H19ClN4O5S2/c27-23-21(16-5-2-1-3-6-16)13-14-22-25(23)30-24(17-7-4-8-20(15-17)38(34,35)36)26(29-22)31-37(32,33)19-11-9-18(28)10-12-19/h1-15H,28H2,(H,29,31)(H,34,35,36). The Morgan fingerprint density at radius 2 is 1.45 bits per heavy atom. The van der Waals surface area contributed by atoms with E-state index >= 15 is 0 Å². The zero-order valence-corrected chi connectivity index (χ0v) is 21.8. The van der Waals surface area contributed by atoms with Crippen molar-refractivity contribution in [2.24, 2.45) is 0 Å². The number of sulfonamides is 1. The van der Waals surface area contributed by atoms with E-state index in [4.69, 9.17) is 17.3 Å².